The van der Waals surface area contributed by atoms with E-state index in [1.54, 1.807) is 6.92 Å². The number of carbonyl (C=O) groups is 2. The molecule has 2 aromatic carbocycles. The fraction of sp³-hybridized carbons (Fsp3) is 0.125. The van der Waals surface area contributed by atoms with Gasteiger partial charge in [-0.2, -0.15) is 0 Å². The van der Waals surface area contributed by atoms with E-state index >= 15 is 0 Å². The zero-order valence-electron chi connectivity index (χ0n) is 13.5. The summed E-state index contributed by atoms with van der Waals surface area (Å²) in [6.45, 7) is 1.84. The topological polar surface area (TPSA) is 142 Å². The summed E-state index contributed by atoms with van der Waals surface area (Å²) in [6.07, 6.45) is 0. The van der Waals surface area contributed by atoms with Gasteiger partial charge in [0.15, 0.2) is 0 Å². The van der Waals surface area contributed by atoms with Crippen molar-refractivity contribution < 1.29 is 24.2 Å². The van der Waals surface area contributed by atoms with E-state index in [0.29, 0.717) is 0 Å². The van der Waals surface area contributed by atoms with E-state index in [1.807, 2.05) is 0 Å². The van der Waals surface area contributed by atoms with Gasteiger partial charge in [0, 0.05) is 17.8 Å². The highest BCUT2D eigenvalue weighted by atomic mass is 16.6. The van der Waals surface area contributed by atoms with Crippen LogP contribution in [0, 0.1) is 20.2 Å². The number of non-ortho nitro benzene ring substituents is 2. The molecule has 1 N–H and O–H groups in total. The van der Waals surface area contributed by atoms with Gasteiger partial charge in [0.25, 0.3) is 17.3 Å². The van der Waals surface area contributed by atoms with Crippen LogP contribution in [-0.2, 0) is 4.74 Å². The van der Waals surface area contributed by atoms with Gasteiger partial charge in [-0.1, -0.05) is 6.07 Å². The minimum Gasteiger partial charge on any atom is -0.462 e. The second-order valence-electron chi connectivity index (χ2n) is 5.01. The molecule has 0 heterocycles. The van der Waals surface area contributed by atoms with Crippen LogP contribution >= 0.6 is 0 Å². The quantitative estimate of drug-likeness (QED) is 0.474. The van der Waals surface area contributed by atoms with Gasteiger partial charge >= 0.3 is 5.97 Å². The maximum absolute atomic E-state index is 12.3. The van der Waals surface area contributed by atoms with E-state index in [-0.39, 0.29) is 23.4 Å². The number of hydrogen-bond donors (Lipinski definition) is 1. The summed E-state index contributed by atoms with van der Waals surface area (Å²) in [5, 5.41) is 24.2. The highest BCUT2D eigenvalue weighted by molar-refractivity contribution is 6.05. The molecule has 0 aliphatic carbocycles. The van der Waals surface area contributed by atoms with Gasteiger partial charge in [0.05, 0.1) is 33.6 Å². The number of nitrogens with zero attached hydrogens (tertiary/aromatic N) is 2. The number of anilines is 1. The summed E-state index contributed by atoms with van der Waals surface area (Å²) in [5.41, 5.74) is -0.980. The first-order valence-electron chi connectivity index (χ1n) is 7.34. The molecule has 26 heavy (non-hydrogen) atoms. The molecule has 0 aliphatic rings. The van der Waals surface area contributed by atoms with E-state index in [4.69, 9.17) is 4.74 Å². The SMILES string of the molecule is CCOC(=O)c1cccc(NC(=O)c2cc([N+](=O)[O-])cc([N+](=O)[O-])c2)c1. The molecular formula is C16H13N3O7. The van der Waals surface area contributed by atoms with Crippen LogP contribution in [0.4, 0.5) is 17.1 Å². The average molecular weight is 359 g/mol. The second-order valence-corrected chi connectivity index (χ2v) is 5.01. The largest absolute Gasteiger partial charge is 0.462 e. The Hall–Kier alpha value is -3.82. The third-order valence-electron chi connectivity index (χ3n) is 3.22. The van der Waals surface area contributed by atoms with Crippen molar-refractivity contribution in [2.24, 2.45) is 0 Å². The first-order valence-corrected chi connectivity index (χ1v) is 7.34. The standard InChI is InChI=1S/C16H13N3O7/c1-2-26-16(21)10-4-3-5-12(6-10)17-15(20)11-7-13(18(22)23)9-14(8-11)19(24)25/h3-9H,2H2,1H3,(H,17,20). The minimum absolute atomic E-state index is 0.187. The van der Waals surface area contributed by atoms with Crippen LogP contribution in [0.3, 0.4) is 0 Å². The van der Waals surface area contributed by atoms with E-state index in [2.05, 4.69) is 5.32 Å². The Morgan fingerprint density at radius 1 is 1.00 bits per heavy atom. The Bertz CT molecular complexity index is 863. The molecule has 0 atom stereocenters. The number of nitro benzene ring substituents is 2. The molecule has 10 heteroatoms. The maximum atomic E-state index is 12.3. The molecular weight excluding hydrogens is 346 g/mol. The number of rotatable bonds is 6. The predicted octanol–water partition coefficient (Wildman–Crippen LogP) is 2.93. The summed E-state index contributed by atoms with van der Waals surface area (Å²) in [5.74, 6) is -1.37. The molecule has 2 aromatic rings. The third-order valence-corrected chi connectivity index (χ3v) is 3.22. The monoisotopic (exact) mass is 359 g/mol. The van der Waals surface area contributed by atoms with Gasteiger partial charge in [-0.05, 0) is 25.1 Å². The lowest BCUT2D eigenvalue weighted by Crippen LogP contribution is -2.13. The Kier molecular flexibility index (Phi) is 5.58. The van der Waals surface area contributed by atoms with Crippen LogP contribution in [0.5, 0.6) is 0 Å². The van der Waals surface area contributed by atoms with Gasteiger partial charge in [-0.25, -0.2) is 4.79 Å². The minimum atomic E-state index is -0.828. The lowest BCUT2D eigenvalue weighted by Gasteiger charge is -2.07. The van der Waals surface area contributed by atoms with Crippen molar-refractivity contribution in [3.8, 4) is 0 Å². The van der Waals surface area contributed by atoms with Crippen molar-refractivity contribution >= 4 is 28.9 Å². The van der Waals surface area contributed by atoms with Crippen molar-refractivity contribution in [2.75, 3.05) is 11.9 Å². The van der Waals surface area contributed by atoms with Gasteiger partial charge in [0.2, 0.25) is 0 Å². The summed E-state index contributed by atoms with van der Waals surface area (Å²) < 4.78 is 4.86. The molecule has 0 fully saturated rings. The molecule has 0 saturated heterocycles. The van der Waals surface area contributed by atoms with Crippen molar-refractivity contribution in [3.63, 3.8) is 0 Å². The molecule has 0 aliphatic heterocycles. The Morgan fingerprint density at radius 3 is 2.15 bits per heavy atom. The van der Waals surface area contributed by atoms with Gasteiger partial charge in [-0.15, -0.1) is 0 Å². The molecule has 10 nitrogen and oxygen atoms in total. The summed E-state index contributed by atoms with van der Waals surface area (Å²) >= 11 is 0. The van der Waals surface area contributed by atoms with Crippen LogP contribution in [0.2, 0.25) is 0 Å². The molecule has 0 unspecified atom stereocenters. The number of amides is 1. The van der Waals surface area contributed by atoms with Crippen molar-refractivity contribution in [3.05, 3.63) is 73.8 Å². The fourth-order valence-electron chi connectivity index (χ4n) is 2.08. The van der Waals surface area contributed by atoms with Crippen LogP contribution in [-0.4, -0.2) is 28.3 Å². The van der Waals surface area contributed by atoms with E-state index in [9.17, 15) is 29.8 Å². The fourth-order valence-corrected chi connectivity index (χ4v) is 2.08. The molecule has 134 valence electrons. The van der Waals surface area contributed by atoms with Crippen molar-refractivity contribution in [2.45, 2.75) is 6.92 Å². The van der Waals surface area contributed by atoms with Crippen LogP contribution in [0.15, 0.2) is 42.5 Å². The average Bonchev–Trinajstić information content (AvgIpc) is 2.61. The summed E-state index contributed by atoms with van der Waals surface area (Å²) in [6, 6.07) is 8.48. The predicted molar refractivity (Wildman–Crippen MR) is 90.1 cm³/mol. The lowest BCUT2D eigenvalue weighted by atomic mass is 10.1. The number of benzene rings is 2. The van der Waals surface area contributed by atoms with E-state index in [0.717, 1.165) is 18.2 Å². The summed E-state index contributed by atoms with van der Waals surface area (Å²) in [7, 11) is 0. The second kappa shape index (κ2) is 7.83. The van der Waals surface area contributed by atoms with E-state index in [1.165, 1.54) is 24.3 Å². The number of nitrogens with one attached hydrogen (secondary N) is 1. The van der Waals surface area contributed by atoms with Gasteiger partial charge in [0.1, 0.15) is 0 Å². The third kappa shape index (κ3) is 4.38. The number of hydrogen-bond acceptors (Lipinski definition) is 7. The molecule has 0 saturated carbocycles. The van der Waals surface area contributed by atoms with Gasteiger partial charge < -0.3 is 10.1 Å². The molecule has 0 aromatic heterocycles. The first-order chi connectivity index (χ1) is 12.3. The highest BCUT2D eigenvalue weighted by Crippen LogP contribution is 2.23. The number of carbonyl (C=O) groups excluding carboxylic acids is 2. The lowest BCUT2D eigenvalue weighted by molar-refractivity contribution is -0.394. The Balaban J connectivity index is 2.30. The Morgan fingerprint density at radius 2 is 1.62 bits per heavy atom. The van der Waals surface area contributed by atoms with Crippen LogP contribution < -0.4 is 5.32 Å². The summed E-state index contributed by atoms with van der Waals surface area (Å²) in [4.78, 5) is 44.1. The normalized spacial score (nSPS) is 10.0. The van der Waals surface area contributed by atoms with Crippen LogP contribution in [0.1, 0.15) is 27.6 Å². The first kappa shape index (κ1) is 18.5. The Labute approximate surface area is 146 Å². The smallest absolute Gasteiger partial charge is 0.338 e. The zero-order chi connectivity index (χ0) is 19.3. The van der Waals surface area contributed by atoms with Crippen molar-refractivity contribution in [1.29, 1.82) is 0 Å². The number of esters is 1. The molecule has 0 bridgehead atoms. The van der Waals surface area contributed by atoms with Gasteiger partial charge in [-0.3, -0.25) is 25.0 Å². The van der Waals surface area contributed by atoms with Crippen LogP contribution in [0.25, 0.3) is 0 Å². The highest BCUT2D eigenvalue weighted by Gasteiger charge is 2.20. The number of ether oxygens (including phenoxy) is 1. The molecule has 2 rings (SSSR count). The molecule has 1 amide bonds. The molecule has 0 radical (unpaired) electrons. The van der Waals surface area contributed by atoms with Crippen molar-refractivity contribution in [1.82, 2.24) is 0 Å². The maximum Gasteiger partial charge on any atom is 0.338 e. The number of nitro groups is 2. The zero-order valence-corrected chi connectivity index (χ0v) is 13.5. The molecule has 0 spiro atoms. The van der Waals surface area contributed by atoms with E-state index < -0.39 is 33.1 Å².